The zero-order valence-corrected chi connectivity index (χ0v) is 22.6. The molecular formula is C26H28ClF5N6O2. The standard InChI is InChI=1S/C26H28ClF5N6O2/c1-15-7-16(26(30,31)32)8-24(33-15)38-23(25(39)35(2)22-10-19(27)20(28)11-21(22)29)9-17(34-38)12-36-13-18(14-36)37-3-5-40-6-4-37/h7-8,10-11,18,23H,3-6,9,12-14H2,1-2H3. The first kappa shape index (κ1) is 28.7. The monoisotopic (exact) mass is 586 g/mol. The zero-order chi connectivity index (χ0) is 28.8. The van der Waals surface area contributed by atoms with Crippen molar-refractivity contribution < 1.29 is 31.5 Å². The lowest BCUT2D eigenvalue weighted by molar-refractivity contribution is -0.137. The van der Waals surface area contributed by atoms with Gasteiger partial charge in [0.15, 0.2) is 0 Å². The topological polar surface area (TPSA) is 64.5 Å². The third kappa shape index (κ3) is 5.92. The summed E-state index contributed by atoms with van der Waals surface area (Å²) in [5.41, 5.74) is -0.512. The molecule has 1 aromatic heterocycles. The van der Waals surface area contributed by atoms with Crippen LogP contribution in [0.3, 0.4) is 0 Å². The summed E-state index contributed by atoms with van der Waals surface area (Å²) in [6.07, 6.45) is -4.54. The van der Waals surface area contributed by atoms with Gasteiger partial charge in [-0.25, -0.2) is 18.8 Å². The van der Waals surface area contributed by atoms with Crippen LogP contribution in [-0.2, 0) is 15.7 Å². The largest absolute Gasteiger partial charge is 0.416 e. The number of halogens is 6. The molecule has 4 heterocycles. The molecule has 216 valence electrons. The van der Waals surface area contributed by atoms with Gasteiger partial charge in [-0.2, -0.15) is 18.3 Å². The number of rotatable bonds is 6. The van der Waals surface area contributed by atoms with E-state index in [4.69, 9.17) is 16.3 Å². The van der Waals surface area contributed by atoms with Crippen molar-refractivity contribution in [3.05, 3.63) is 52.2 Å². The summed E-state index contributed by atoms with van der Waals surface area (Å²) in [7, 11) is 1.29. The molecule has 40 heavy (non-hydrogen) atoms. The van der Waals surface area contributed by atoms with Gasteiger partial charge in [-0.3, -0.25) is 14.6 Å². The number of carbonyl (C=O) groups excluding carboxylic acids is 1. The molecule has 14 heteroatoms. The van der Waals surface area contributed by atoms with Gasteiger partial charge in [-0.15, -0.1) is 0 Å². The van der Waals surface area contributed by atoms with Crippen LogP contribution in [0.2, 0.25) is 5.02 Å². The first-order valence-electron chi connectivity index (χ1n) is 12.8. The number of alkyl halides is 3. The van der Waals surface area contributed by atoms with Gasteiger partial charge in [0.1, 0.15) is 23.5 Å². The Morgan fingerprint density at radius 3 is 2.50 bits per heavy atom. The van der Waals surface area contributed by atoms with Crippen LogP contribution in [0.1, 0.15) is 17.7 Å². The number of hydrogen-bond donors (Lipinski definition) is 0. The third-order valence-electron chi connectivity index (χ3n) is 7.35. The molecule has 0 spiro atoms. The van der Waals surface area contributed by atoms with Crippen molar-refractivity contribution in [2.75, 3.05) is 62.9 Å². The van der Waals surface area contributed by atoms with Gasteiger partial charge < -0.3 is 9.64 Å². The summed E-state index contributed by atoms with van der Waals surface area (Å²) in [6.45, 7) is 6.53. The molecule has 0 aliphatic carbocycles. The number of likely N-dealkylation sites (N-methyl/N-ethyl adjacent to an activating group) is 1. The molecule has 0 radical (unpaired) electrons. The molecule has 0 bridgehead atoms. The Bertz CT molecular complexity index is 1310. The zero-order valence-electron chi connectivity index (χ0n) is 21.9. The molecule has 3 aliphatic heterocycles. The van der Waals surface area contributed by atoms with E-state index < -0.39 is 35.3 Å². The van der Waals surface area contributed by atoms with Crippen LogP contribution < -0.4 is 9.91 Å². The van der Waals surface area contributed by atoms with E-state index in [0.29, 0.717) is 37.6 Å². The summed E-state index contributed by atoms with van der Waals surface area (Å²) in [5, 5.41) is 5.32. The molecular weight excluding hydrogens is 559 g/mol. The maximum Gasteiger partial charge on any atom is 0.416 e. The predicted molar refractivity (Wildman–Crippen MR) is 140 cm³/mol. The number of carbonyl (C=O) groups is 1. The molecule has 8 nitrogen and oxygen atoms in total. The number of anilines is 2. The molecule has 1 amide bonds. The maximum atomic E-state index is 14.6. The first-order chi connectivity index (χ1) is 18.9. The second kappa shape index (κ2) is 11.2. The van der Waals surface area contributed by atoms with Crippen LogP contribution in [0.5, 0.6) is 0 Å². The Kier molecular flexibility index (Phi) is 8.01. The molecule has 1 unspecified atom stereocenters. The van der Waals surface area contributed by atoms with Crippen molar-refractivity contribution in [3.63, 3.8) is 0 Å². The first-order valence-corrected chi connectivity index (χ1v) is 13.2. The molecule has 3 aliphatic rings. The molecule has 5 rings (SSSR count). The number of hydrogen-bond acceptors (Lipinski definition) is 7. The number of nitrogens with zero attached hydrogens (tertiary/aromatic N) is 6. The highest BCUT2D eigenvalue weighted by molar-refractivity contribution is 6.31. The highest BCUT2D eigenvalue weighted by atomic mass is 35.5. The van der Waals surface area contributed by atoms with Gasteiger partial charge in [0.25, 0.3) is 5.91 Å². The van der Waals surface area contributed by atoms with Crippen LogP contribution in [0.4, 0.5) is 33.5 Å². The molecule has 2 aromatic rings. The van der Waals surface area contributed by atoms with Gasteiger partial charge in [0, 0.05) is 64.0 Å². The Labute approximate surface area is 232 Å². The van der Waals surface area contributed by atoms with E-state index in [1.165, 1.54) is 19.0 Å². The van der Waals surface area contributed by atoms with Crippen molar-refractivity contribution >= 4 is 34.7 Å². The second-order valence-electron chi connectivity index (χ2n) is 10.2. The summed E-state index contributed by atoms with van der Waals surface area (Å²) < 4.78 is 74.5. The summed E-state index contributed by atoms with van der Waals surface area (Å²) in [4.78, 5) is 23.4. The number of aromatic nitrogens is 1. The van der Waals surface area contributed by atoms with E-state index in [1.54, 1.807) is 0 Å². The maximum absolute atomic E-state index is 14.6. The smallest absolute Gasteiger partial charge is 0.379 e. The van der Waals surface area contributed by atoms with Crippen LogP contribution in [0, 0.1) is 18.6 Å². The third-order valence-corrected chi connectivity index (χ3v) is 7.64. The van der Waals surface area contributed by atoms with E-state index in [2.05, 4.69) is 19.9 Å². The number of morpholine rings is 1. The second-order valence-corrected chi connectivity index (χ2v) is 10.6. The number of hydrazone groups is 1. The number of aryl methyl sites for hydroxylation is 1. The number of ether oxygens (including phenoxy) is 1. The summed E-state index contributed by atoms with van der Waals surface area (Å²) in [6, 6.07) is 2.59. The lowest BCUT2D eigenvalue weighted by atomic mass is 10.0. The van der Waals surface area contributed by atoms with Gasteiger partial charge in [-0.1, -0.05) is 11.6 Å². The van der Waals surface area contributed by atoms with E-state index >= 15 is 0 Å². The van der Waals surface area contributed by atoms with Gasteiger partial charge in [0.05, 0.1) is 35.2 Å². The fourth-order valence-electron chi connectivity index (χ4n) is 5.22. The normalized spacial score (nSPS) is 20.9. The molecule has 1 atom stereocenters. The van der Waals surface area contributed by atoms with Crippen molar-refractivity contribution in [3.8, 4) is 0 Å². The Hall–Kier alpha value is -2.87. The van der Waals surface area contributed by atoms with Crippen LogP contribution >= 0.6 is 11.6 Å². The van der Waals surface area contributed by atoms with Crippen LogP contribution in [-0.4, -0.2) is 91.5 Å². The fraction of sp³-hybridized carbons (Fsp3) is 0.500. The fourth-order valence-corrected chi connectivity index (χ4v) is 5.38. The van der Waals surface area contributed by atoms with Gasteiger partial charge in [0.2, 0.25) is 0 Å². The van der Waals surface area contributed by atoms with E-state index in [1.807, 2.05) is 0 Å². The van der Waals surface area contributed by atoms with Crippen molar-refractivity contribution in [2.45, 2.75) is 31.6 Å². The highest BCUT2D eigenvalue weighted by Crippen LogP contribution is 2.35. The number of likely N-dealkylation sites (tertiary alicyclic amines) is 1. The van der Waals surface area contributed by atoms with E-state index in [0.717, 1.165) is 49.3 Å². The lowest BCUT2D eigenvalue weighted by Crippen LogP contribution is -2.62. The number of benzene rings is 1. The number of pyridine rings is 1. The van der Waals surface area contributed by atoms with Crippen LogP contribution in [0.15, 0.2) is 29.4 Å². The minimum absolute atomic E-state index is 0.0927. The average Bonchev–Trinajstić information content (AvgIpc) is 3.31. The van der Waals surface area contributed by atoms with Gasteiger partial charge >= 0.3 is 6.18 Å². The Morgan fingerprint density at radius 1 is 1.12 bits per heavy atom. The van der Waals surface area contributed by atoms with Crippen LogP contribution in [0.25, 0.3) is 0 Å². The van der Waals surface area contributed by atoms with Crippen molar-refractivity contribution in [1.82, 2.24) is 14.8 Å². The molecule has 1 aromatic carbocycles. The summed E-state index contributed by atoms with van der Waals surface area (Å²) >= 11 is 5.82. The van der Waals surface area contributed by atoms with E-state index in [9.17, 15) is 26.7 Å². The average molecular weight is 587 g/mol. The van der Waals surface area contributed by atoms with Crippen molar-refractivity contribution in [1.29, 1.82) is 0 Å². The highest BCUT2D eigenvalue weighted by Gasteiger charge is 2.41. The lowest BCUT2D eigenvalue weighted by Gasteiger charge is -2.46. The molecule has 2 fully saturated rings. The van der Waals surface area contributed by atoms with Crippen molar-refractivity contribution in [2.24, 2.45) is 5.10 Å². The number of amides is 1. The van der Waals surface area contributed by atoms with E-state index in [-0.39, 0.29) is 28.6 Å². The Balaban J connectivity index is 1.39. The molecule has 0 N–H and O–H groups in total. The summed E-state index contributed by atoms with van der Waals surface area (Å²) in [5.74, 6) is -2.80. The predicted octanol–water partition coefficient (Wildman–Crippen LogP) is 3.95. The minimum Gasteiger partial charge on any atom is -0.379 e. The van der Waals surface area contributed by atoms with Gasteiger partial charge in [-0.05, 0) is 25.1 Å². The quantitative estimate of drug-likeness (QED) is 0.377. The Morgan fingerprint density at radius 2 is 1.82 bits per heavy atom. The SMILES string of the molecule is Cc1cc(C(F)(F)F)cc(N2N=C(CN3CC(N4CCOCC4)C3)CC2C(=O)N(C)c2cc(Cl)c(F)cc2F)n1. The molecule has 0 saturated carbocycles. The minimum atomic E-state index is -4.63. The molecule has 2 saturated heterocycles.